The van der Waals surface area contributed by atoms with Gasteiger partial charge in [0.1, 0.15) is 29.8 Å². The smallest absolute Gasteiger partial charge is 0.316 e. The van der Waals surface area contributed by atoms with Gasteiger partial charge in [-0.1, -0.05) is 45.1 Å². The molecule has 12 atom stereocenters. The molecule has 6 rings (SSSR count). The Morgan fingerprint density at radius 2 is 1.90 bits per heavy atom. The summed E-state index contributed by atoms with van der Waals surface area (Å²) in [6.45, 7) is 8.21. The van der Waals surface area contributed by atoms with E-state index in [4.69, 9.17) is 23.7 Å². The molecule has 6 aliphatic rings. The Hall–Kier alpha value is -1.59. The zero-order valence-corrected chi connectivity index (χ0v) is 24.7. The van der Waals surface area contributed by atoms with Crippen molar-refractivity contribution < 1.29 is 43.8 Å². The zero-order chi connectivity index (χ0) is 29.2. The van der Waals surface area contributed by atoms with Crippen molar-refractivity contribution in [3.8, 4) is 0 Å². The van der Waals surface area contributed by atoms with E-state index in [0.29, 0.717) is 30.8 Å². The molecule has 0 saturated carbocycles. The van der Waals surface area contributed by atoms with Crippen LogP contribution in [0.25, 0.3) is 0 Å². The molecule has 0 unspecified atom stereocenters. The maximum atomic E-state index is 14.0. The van der Waals surface area contributed by atoms with Crippen molar-refractivity contribution in [3.05, 3.63) is 35.5 Å². The van der Waals surface area contributed by atoms with Crippen LogP contribution in [0.5, 0.6) is 0 Å². The topological polar surface area (TPSA) is 127 Å². The molecule has 41 heavy (non-hydrogen) atoms. The molecule has 0 aromatic rings. The molecule has 5 heterocycles. The number of esters is 1. The van der Waals surface area contributed by atoms with Gasteiger partial charge in [0.15, 0.2) is 5.79 Å². The molecule has 4 fully saturated rings. The molecule has 4 saturated heterocycles. The van der Waals surface area contributed by atoms with Gasteiger partial charge in [-0.3, -0.25) is 4.79 Å². The molecule has 9 nitrogen and oxygen atoms in total. The van der Waals surface area contributed by atoms with E-state index in [1.165, 1.54) is 6.08 Å². The lowest BCUT2D eigenvalue weighted by Gasteiger charge is -2.50. The van der Waals surface area contributed by atoms with Gasteiger partial charge in [0.2, 0.25) is 0 Å². The Labute approximate surface area is 242 Å². The van der Waals surface area contributed by atoms with Crippen molar-refractivity contribution in [2.45, 2.75) is 126 Å². The van der Waals surface area contributed by atoms with Gasteiger partial charge in [-0.25, -0.2) is 0 Å². The molecule has 1 spiro atoms. The van der Waals surface area contributed by atoms with Crippen molar-refractivity contribution in [2.24, 2.45) is 17.8 Å². The molecular formula is C32H46O9. The fourth-order valence-electron chi connectivity index (χ4n) is 8.00. The van der Waals surface area contributed by atoms with Crippen molar-refractivity contribution in [3.63, 3.8) is 0 Å². The summed E-state index contributed by atoms with van der Waals surface area (Å²) in [4.78, 5) is 14.0. The third-order valence-electron chi connectivity index (χ3n) is 10.4. The number of hydrogen-bond acceptors (Lipinski definition) is 9. The Morgan fingerprint density at radius 1 is 1.10 bits per heavy atom. The maximum absolute atomic E-state index is 14.0. The number of rotatable bonds is 2. The van der Waals surface area contributed by atoms with E-state index < -0.39 is 48.2 Å². The highest BCUT2D eigenvalue weighted by molar-refractivity contribution is 5.78. The Morgan fingerprint density at radius 3 is 2.66 bits per heavy atom. The quantitative estimate of drug-likeness (QED) is 0.259. The fourth-order valence-corrected chi connectivity index (χ4v) is 8.00. The van der Waals surface area contributed by atoms with Crippen LogP contribution in [0.1, 0.15) is 72.6 Å². The number of ether oxygens (including phenoxy) is 5. The number of hydrogen-bond donors (Lipinski definition) is 3. The monoisotopic (exact) mass is 574 g/mol. The Balaban J connectivity index is 1.36. The lowest BCUT2D eigenvalue weighted by Crippen LogP contribution is -2.58. The highest BCUT2D eigenvalue weighted by Crippen LogP contribution is 2.50. The van der Waals surface area contributed by atoms with E-state index in [0.717, 1.165) is 25.7 Å². The number of carbonyl (C=O) groups is 1. The standard InChI is InChI=1S/C32H46O9/c1-5-25-19(3)9-10-31(40-25)15-23-12-22(39-31)13-26-30(4,41-26)14-18(2)7-6-8-21-17-37-28-27(34)20(16-33)11-24(29(35)38-23)32(21,28)36/h6-8,11,18-19,22-28,33-34,36H,5,9-10,12-17H2,1-4H3/b7-6+,21-8+/t18-,19-,22-,23-,24-,25+,26-,27+,28+,30-,31+,32+/m0/s1. The molecule has 0 radical (unpaired) electrons. The van der Waals surface area contributed by atoms with Crippen LogP contribution in [0.15, 0.2) is 35.5 Å². The molecule has 3 N–H and O–H groups in total. The normalized spacial score (nSPS) is 52.0. The van der Waals surface area contributed by atoms with Crippen LogP contribution < -0.4 is 0 Å². The van der Waals surface area contributed by atoms with Crippen LogP contribution in [0.2, 0.25) is 0 Å². The van der Waals surface area contributed by atoms with Gasteiger partial charge < -0.3 is 39.0 Å². The van der Waals surface area contributed by atoms with Crippen LogP contribution in [0.4, 0.5) is 0 Å². The molecule has 2 bridgehead atoms. The molecule has 5 aliphatic heterocycles. The average Bonchev–Trinajstić information content (AvgIpc) is 3.40. The van der Waals surface area contributed by atoms with Crippen molar-refractivity contribution in [2.75, 3.05) is 13.2 Å². The summed E-state index contributed by atoms with van der Waals surface area (Å²) in [5.41, 5.74) is -1.33. The molecule has 228 valence electrons. The van der Waals surface area contributed by atoms with Gasteiger partial charge in [-0.15, -0.1) is 0 Å². The predicted octanol–water partition coefficient (Wildman–Crippen LogP) is 3.11. The molecule has 0 amide bonds. The van der Waals surface area contributed by atoms with Crippen LogP contribution in [-0.2, 0) is 28.5 Å². The van der Waals surface area contributed by atoms with Gasteiger partial charge in [0.05, 0.1) is 37.1 Å². The van der Waals surface area contributed by atoms with Gasteiger partial charge in [0, 0.05) is 25.7 Å². The number of epoxide rings is 1. The Bertz CT molecular complexity index is 1120. The number of allylic oxidation sites excluding steroid dienone is 3. The minimum atomic E-state index is -1.80. The summed E-state index contributed by atoms with van der Waals surface area (Å²) < 4.78 is 31.7. The first-order valence-electron chi connectivity index (χ1n) is 15.5. The van der Waals surface area contributed by atoms with Crippen LogP contribution in [-0.4, -0.2) is 88.1 Å². The third-order valence-corrected chi connectivity index (χ3v) is 10.4. The summed E-state index contributed by atoms with van der Waals surface area (Å²) in [5.74, 6) is -1.97. The second kappa shape index (κ2) is 10.8. The average molecular weight is 575 g/mol. The largest absolute Gasteiger partial charge is 0.462 e. The Kier molecular flexibility index (Phi) is 7.80. The van der Waals surface area contributed by atoms with E-state index in [2.05, 4.69) is 33.8 Å². The minimum Gasteiger partial charge on any atom is -0.462 e. The number of aliphatic hydroxyl groups is 3. The number of carbonyl (C=O) groups excluding carboxylic acids is 1. The fraction of sp³-hybridized carbons (Fsp3) is 0.781. The molecule has 0 aromatic carbocycles. The first-order chi connectivity index (χ1) is 19.5. The molecule has 1 aliphatic carbocycles. The molecular weight excluding hydrogens is 528 g/mol. The maximum Gasteiger partial charge on any atom is 0.316 e. The van der Waals surface area contributed by atoms with Gasteiger partial charge in [-0.2, -0.15) is 0 Å². The van der Waals surface area contributed by atoms with E-state index in [9.17, 15) is 20.1 Å². The second-order valence-electron chi connectivity index (χ2n) is 13.5. The SMILES string of the molecule is CC[C@H]1O[C@]2(CC[C@@H]1C)C[C@@H]1C[C@@H](C[C@@H]3O[C@@]3(C)C[C@@H](C)/C=C/C=C3\CO[C@@H]4[C@H](O)C(CO)=C[C@@H](C(=O)O1)[C@]34O)O2. The minimum absolute atomic E-state index is 0.0505. The summed E-state index contributed by atoms with van der Waals surface area (Å²) in [6.07, 6.45) is 9.26. The first-order valence-corrected chi connectivity index (χ1v) is 15.5. The van der Waals surface area contributed by atoms with Crippen molar-refractivity contribution in [1.82, 2.24) is 0 Å². The summed E-state index contributed by atoms with van der Waals surface area (Å²) >= 11 is 0. The van der Waals surface area contributed by atoms with E-state index in [1.54, 1.807) is 6.08 Å². The van der Waals surface area contributed by atoms with Crippen LogP contribution in [0, 0.1) is 17.8 Å². The highest BCUT2D eigenvalue weighted by atomic mass is 16.7. The van der Waals surface area contributed by atoms with Crippen LogP contribution >= 0.6 is 0 Å². The van der Waals surface area contributed by atoms with Gasteiger partial charge in [0.25, 0.3) is 0 Å². The summed E-state index contributed by atoms with van der Waals surface area (Å²) in [7, 11) is 0. The second-order valence-corrected chi connectivity index (χ2v) is 13.5. The van der Waals surface area contributed by atoms with Gasteiger partial charge >= 0.3 is 5.97 Å². The summed E-state index contributed by atoms with van der Waals surface area (Å²) in [6, 6.07) is 0. The van der Waals surface area contributed by atoms with Gasteiger partial charge in [-0.05, 0) is 49.2 Å². The molecule has 9 heteroatoms. The number of aliphatic hydroxyl groups excluding tert-OH is 2. The van der Waals surface area contributed by atoms with Crippen molar-refractivity contribution >= 4 is 5.97 Å². The predicted molar refractivity (Wildman–Crippen MR) is 149 cm³/mol. The van der Waals surface area contributed by atoms with Crippen molar-refractivity contribution in [1.29, 1.82) is 0 Å². The number of fused-ring (bicyclic) bond motifs is 3. The third kappa shape index (κ3) is 5.26. The highest BCUT2D eigenvalue weighted by Gasteiger charge is 2.61. The lowest BCUT2D eigenvalue weighted by molar-refractivity contribution is -0.336. The van der Waals surface area contributed by atoms with E-state index >= 15 is 0 Å². The lowest BCUT2D eigenvalue weighted by atomic mass is 9.70. The van der Waals surface area contributed by atoms with E-state index in [-0.39, 0.29) is 42.0 Å². The zero-order valence-electron chi connectivity index (χ0n) is 24.7. The summed E-state index contributed by atoms with van der Waals surface area (Å²) in [5, 5.41) is 33.0. The first kappa shape index (κ1) is 29.5. The van der Waals surface area contributed by atoms with Crippen LogP contribution in [0.3, 0.4) is 0 Å². The molecule has 0 aromatic heterocycles. The van der Waals surface area contributed by atoms with E-state index in [1.807, 2.05) is 6.08 Å².